The summed E-state index contributed by atoms with van der Waals surface area (Å²) in [7, 11) is 0. The Hall–Kier alpha value is -2.87. The molecular formula is C26H29Cl2N5O2. The molecule has 0 aliphatic carbocycles. The first-order valence-electron chi connectivity index (χ1n) is 11.7. The first-order valence-corrected chi connectivity index (χ1v) is 12.4. The average Bonchev–Trinajstić information content (AvgIpc) is 3.37. The molecule has 1 aromatic heterocycles. The Morgan fingerprint density at radius 1 is 1.17 bits per heavy atom. The standard InChI is InChI=1S/C26H29Cl2N5O2/c1-15(2)17-6-8-18(9-7-17)25-16(3)24(30-33(25)22-11-10-19(27)13-21(22)28)26(35)31-32-12-4-5-20(32)14-23(29)34/h6-11,13,15,20H,4-5,12,14H2,1-3H3,(H2,29,34)(H,31,35). The maximum atomic E-state index is 13.4. The van der Waals surface area contributed by atoms with Crippen LogP contribution in [-0.4, -0.2) is 39.2 Å². The summed E-state index contributed by atoms with van der Waals surface area (Å²) in [6.07, 6.45) is 1.87. The zero-order chi connectivity index (χ0) is 25.3. The predicted octanol–water partition coefficient (Wildman–Crippen LogP) is 5.26. The molecule has 0 saturated carbocycles. The van der Waals surface area contributed by atoms with Crippen molar-refractivity contribution in [3.8, 4) is 16.9 Å². The number of hydrogen-bond acceptors (Lipinski definition) is 4. The number of nitrogens with two attached hydrogens (primary N) is 1. The summed E-state index contributed by atoms with van der Waals surface area (Å²) in [6, 6.07) is 13.3. The maximum absolute atomic E-state index is 13.4. The van der Waals surface area contributed by atoms with Gasteiger partial charge in [0.25, 0.3) is 5.91 Å². The van der Waals surface area contributed by atoms with E-state index in [1.165, 1.54) is 5.56 Å². The smallest absolute Gasteiger partial charge is 0.286 e. The monoisotopic (exact) mass is 513 g/mol. The van der Waals surface area contributed by atoms with Crippen LogP contribution in [0.2, 0.25) is 10.0 Å². The number of carbonyl (C=O) groups excluding carboxylic acids is 2. The van der Waals surface area contributed by atoms with Gasteiger partial charge in [-0.1, -0.05) is 61.3 Å². The van der Waals surface area contributed by atoms with E-state index in [9.17, 15) is 9.59 Å². The molecule has 1 saturated heterocycles. The lowest BCUT2D eigenvalue weighted by Gasteiger charge is -2.23. The lowest BCUT2D eigenvalue weighted by Crippen LogP contribution is -2.46. The van der Waals surface area contributed by atoms with Gasteiger partial charge in [0, 0.05) is 35.2 Å². The number of carbonyl (C=O) groups is 2. The van der Waals surface area contributed by atoms with Crippen molar-refractivity contribution in [3.63, 3.8) is 0 Å². The van der Waals surface area contributed by atoms with Crippen LogP contribution in [0.4, 0.5) is 0 Å². The number of nitrogens with zero attached hydrogens (tertiary/aromatic N) is 3. The van der Waals surface area contributed by atoms with Crippen molar-refractivity contribution in [2.45, 2.75) is 52.0 Å². The van der Waals surface area contributed by atoms with Gasteiger partial charge in [-0.05, 0) is 49.4 Å². The summed E-state index contributed by atoms with van der Waals surface area (Å²) in [5.41, 5.74) is 12.8. The van der Waals surface area contributed by atoms with Crippen molar-refractivity contribution in [1.29, 1.82) is 0 Å². The Kier molecular flexibility index (Phi) is 7.50. The fourth-order valence-electron chi connectivity index (χ4n) is 4.51. The number of aromatic nitrogens is 2. The van der Waals surface area contributed by atoms with Crippen molar-refractivity contribution >= 4 is 35.0 Å². The fraction of sp³-hybridized carbons (Fsp3) is 0.346. The third-order valence-corrected chi connectivity index (χ3v) is 6.92. The molecule has 4 rings (SSSR count). The molecule has 1 aliphatic heterocycles. The van der Waals surface area contributed by atoms with Crippen LogP contribution in [0, 0.1) is 6.92 Å². The van der Waals surface area contributed by atoms with Crippen molar-refractivity contribution in [3.05, 3.63) is 69.3 Å². The third-order valence-electron chi connectivity index (χ3n) is 6.39. The number of hydrazine groups is 1. The minimum Gasteiger partial charge on any atom is -0.370 e. The SMILES string of the molecule is Cc1c(C(=O)NN2CCCC2CC(N)=O)nn(-c2ccc(Cl)cc2Cl)c1-c1ccc(C(C)C)cc1. The van der Waals surface area contributed by atoms with Crippen LogP contribution < -0.4 is 11.2 Å². The quantitative estimate of drug-likeness (QED) is 0.450. The van der Waals surface area contributed by atoms with E-state index in [2.05, 4.69) is 31.4 Å². The highest BCUT2D eigenvalue weighted by molar-refractivity contribution is 6.35. The van der Waals surface area contributed by atoms with Crippen LogP contribution in [0.25, 0.3) is 16.9 Å². The van der Waals surface area contributed by atoms with Crippen molar-refractivity contribution in [2.24, 2.45) is 5.73 Å². The van der Waals surface area contributed by atoms with Crippen LogP contribution >= 0.6 is 23.2 Å². The van der Waals surface area contributed by atoms with Crippen molar-refractivity contribution in [2.75, 3.05) is 6.54 Å². The summed E-state index contributed by atoms with van der Waals surface area (Å²) in [5.74, 6) is -0.334. The Balaban J connectivity index is 1.76. The normalized spacial score (nSPS) is 16.1. The largest absolute Gasteiger partial charge is 0.370 e. The van der Waals surface area contributed by atoms with Gasteiger partial charge in [0.15, 0.2) is 5.69 Å². The minimum atomic E-state index is -0.388. The molecule has 2 heterocycles. The highest BCUT2D eigenvalue weighted by Gasteiger charge is 2.30. The number of hydrogen-bond donors (Lipinski definition) is 2. The van der Waals surface area contributed by atoms with Gasteiger partial charge in [-0.25, -0.2) is 9.69 Å². The topological polar surface area (TPSA) is 93.2 Å². The van der Waals surface area contributed by atoms with E-state index in [-0.39, 0.29) is 30.0 Å². The summed E-state index contributed by atoms with van der Waals surface area (Å²) in [5, 5.41) is 7.42. The first kappa shape index (κ1) is 25.2. The van der Waals surface area contributed by atoms with Gasteiger partial charge >= 0.3 is 0 Å². The lowest BCUT2D eigenvalue weighted by atomic mass is 9.99. The van der Waals surface area contributed by atoms with Crippen LogP contribution in [0.1, 0.15) is 60.6 Å². The molecule has 1 unspecified atom stereocenters. The molecule has 0 radical (unpaired) electrons. The molecule has 3 N–H and O–H groups in total. The summed E-state index contributed by atoms with van der Waals surface area (Å²) < 4.78 is 1.69. The van der Waals surface area contributed by atoms with E-state index >= 15 is 0 Å². The van der Waals surface area contributed by atoms with Crippen molar-refractivity contribution < 1.29 is 9.59 Å². The molecule has 0 bridgehead atoms. The Labute approximate surface area is 215 Å². The van der Waals surface area contributed by atoms with Gasteiger partial charge < -0.3 is 5.73 Å². The van der Waals surface area contributed by atoms with E-state index in [1.807, 2.05) is 19.1 Å². The van der Waals surface area contributed by atoms with Gasteiger partial charge in [0.1, 0.15) is 0 Å². The molecule has 35 heavy (non-hydrogen) atoms. The van der Waals surface area contributed by atoms with Gasteiger partial charge in [0.2, 0.25) is 5.91 Å². The Morgan fingerprint density at radius 2 is 1.89 bits per heavy atom. The summed E-state index contributed by atoms with van der Waals surface area (Å²) in [6.45, 7) is 6.81. The molecule has 2 aromatic carbocycles. The number of rotatable bonds is 7. The summed E-state index contributed by atoms with van der Waals surface area (Å²) >= 11 is 12.7. The summed E-state index contributed by atoms with van der Waals surface area (Å²) in [4.78, 5) is 24.8. The molecule has 0 spiro atoms. The molecule has 1 atom stereocenters. The fourth-order valence-corrected chi connectivity index (χ4v) is 5.00. The molecule has 9 heteroatoms. The molecule has 7 nitrogen and oxygen atoms in total. The highest BCUT2D eigenvalue weighted by Crippen LogP contribution is 2.33. The van der Waals surface area contributed by atoms with Gasteiger partial charge in [-0.2, -0.15) is 5.10 Å². The van der Waals surface area contributed by atoms with E-state index in [4.69, 9.17) is 34.0 Å². The Morgan fingerprint density at radius 3 is 2.51 bits per heavy atom. The van der Waals surface area contributed by atoms with E-state index in [1.54, 1.807) is 27.9 Å². The number of amides is 2. The van der Waals surface area contributed by atoms with Crippen LogP contribution in [0.3, 0.4) is 0 Å². The van der Waals surface area contributed by atoms with Crippen LogP contribution in [-0.2, 0) is 4.79 Å². The minimum absolute atomic E-state index is 0.118. The molecular weight excluding hydrogens is 485 g/mol. The molecule has 2 amide bonds. The number of halogens is 2. The van der Waals surface area contributed by atoms with Crippen LogP contribution in [0.5, 0.6) is 0 Å². The Bertz CT molecular complexity index is 1250. The number of primary amides is 1. The second-order valence-electron chi connectivity index (χ2n) is 9.21. The zero-order valence-electron chi connectivity index (χ0n) is 20.0. The van der Waals surface area contributed by atoms with Crippen LogP contribution in [0.15, 0.2) is 42.5 Å². The van der Waals surface area contributed by atoms with Gasteiger partial charge in [-0.3, -0.25) is 15.0 Å². The van der Waals surface area contributed by atoms with Crippen molar-refractivity contribution in [1.82, 2.24) is 20.2 Å². The second-order valence-corrected chi connectivity index (χ2v) is 10.1. The molecule has 1 aliphatic rings. The first-order chi connectivity index (χ1) is 16.7. The zero-order valence-corrected chi connectivity index (χ0v) is 21.5. The van der Waals surface area contributed by atoms with Gasteiger partial charge in [0.05, 0.1) is 16.4 Å². The number of benzene rings is 2. The molecule has 3 aromatic rings. The lowest BCUT2D eigenvalue weighted by molar-refractivity contribution is -0.119. The average molecular weight is 514 g/mol. The third kappa shape index (κ3) is 5.37. The van der Waals surface area contributed by atoms with E-state index < -0.39 is 0 Å². The predicted molar refractivity (Wildman–Crippen MR) is 139 cm³/mol. The van der Waals surface area contributed by atoms with E-state index in [0.717, 1.165) is 29.7 Å². The maximum Gasteiger partial charge on any atom is 0.286 e. The van der Waals surface area contributed by atoms with Gasteiger partial charge in [-0.15, -0.1) is 0 Å². The van der Waals surface area contributed by atoms with E-state index in [0.29, 0.717) is 28.2 Å². The highest BCUT2D eigenvalue weighted by atomic mass is 35.5. The molecule has 184 valence electrons. The number of nitrogens with one attached hydrogen (secondary N) is 1. The second kappa shape index (κ2) is 10.4. The molecule has 1 fully saturated rings.